The minimum Gasteiger partial charge on any atom is -0.479 e. The minimum atomic E-state index is -1.46. The molecule has 0 aliphatic rings. The van der Waals surface area contributed by atoms with Crippen molar-refractivity contribution >= 4 is 11.9 Å². The average Bonchev–Trinajstić information content (AvgIpc) is 2.77. The molecule has 6 nitrogen and oxygen atoms in total. The third kappa shape index (κ3) is 3.92. The zero-order chi connectivity index (χ0) is 12.8. The number of nitrogens with one attached hydrogen (secondary N) is 1. The molecule has 17 heavy (non-hydrogen) atoms. The van der Waals surface area contributed by atoms with Crippen molar-refractivity contribution in [3.8, 4) is 0 Å². The molecule has 6 heteroatoms. The summed E-state index contributed by atoms with van der Waals surface area (Å²) in [6.07, 6.45) is -0.800. The van der Waals surface area contributed by atoms with Crippen LogP contribution in [0.5, 0.6) is 0 Å². The Morgan fingerprint density at radius 3 is 2.71 bits per heavy atom. The second-order valence-corrected chi connectivity index (χ2v) is 3.52. The highest BCUT2D eigenvalue weighted by atomic mass is 16.4. The van der Waals surface area contributed by atoms with E-state index in [1.807, 2.05) is 6.92 Å². The Balaban J connectivity index is 2.37. The average molecular weight is 241 g/mol. The number of hydrogen-bond donors (Lipinski definition) is 3. The Morgan fingerprint density at radius 2 is 2.18 bits per heavy atom. The Kier molecular flexibility index (Phi) is 4.71. The van der Waals surface area contributed by atoms with E-state index in [4.69, 9.17) is 14.6 Å². The van der Waals surface area contributed by atoms with Crippen molar-refractivity contribution in [3.05, 3.63) is 23.7 Å². The van der Waals surface area contributed by atoms with Crippen LogP contribution >= 0.6 is 0 Å². The molecule has 1 atom stereocenters. The number of aryl methyl sites for hydroxylation is 1. The third-order valence-corrected chi connectivity index (χ3v) is 2.22. The molecule has 3 N–H and O–H groups in total. The Labute approximate surface area is 98.2 Å². The number of hydrogen-bond acceptors (Lipinski definition) is 4. The van der Waals surface area contributed by atoms with Gasteiger partial charge in [-0.1, -0.05) is 6.92 Å². The first-order valence-electron chi connectivity index (χ1n) is 5.32. The van der Waals surface area contributed by atoms with Crippen LogP contribution in [0.2, 0.25) is 0 Å². The summed E-state index contributed by atoms with van der Waals surface area (Å²) in [6, 6.07) is 3.27. The Hall–Kier alpha value is -1.82. The zero-order valence-corrected chi connectivity index (χ0v) is 9.47. The van der Waals surface area contributed by atoms with Crippen molar-refractivity contribution in [1.82, 2.24) is 5.32 Å². The number of aliphatic hydroxyl groups excluding tert-OH is 1. The number of carbonyl (C=O) groups excluding carboxylic acids is 1. The van der Waals surface area contributed by atoms with Crippen molar-refractivity contribution in [2.75, 3.05) is 6.54 Å². The first kappa shape index (κ1) is 13.2. The number of carbonyl (C=O) groups is 2. The molecule has 0 radical (unpaired) electrons. The predicted octanol–water partition coefficient (Wildman–Crippen LogP) is 0.407. The van der Waals surface area contributed by atoms with E-state index in [0.29, 0.717) is 12.2 Å². The fourth-order valence-electron chi connectivity index (χ4n) is 1.22. The molecule has 0 fully saturated rings. The van der Waals surface area contributed by atoms with Gasteiger partial charge in [-0.3, -0.25) is 4.79 Å². The first-order valence-corrected chi connectivity index (χ1v) is 5.32. The maximum Gasteiger partial charge on any atom is 0.332 e. The van der Waals surface area contributed by atoms with E-state index in [0.717, 1.165) is 0 Å². The summed E-state index contributed by atoms with van der Waals surface area (Å²) >= 11 is 0. The van der Waals surface area contributed by atoms with Gasteiger partial charge in [0.25, 0.3) is 5.91 Å². The van der Waals surface area contributed by atoms with Gasteiger partial charge in [-0.05, 0) is 12.1 Å². The van der Waals surface area contributed by atoms with Crippen molar-refractivity contribution in [2.24, 2.45) is 0 Å². The zero-order valence-electron chi connectivity index (χ0n) is 9.47. The molecule has 1 heterocycles. The minimum absolute atomic E-state index is 0.0393. The van der Waals surface area contributed by atoms with E-state index in [-0.39, 0.29) is 18.7 Å². The molecule has 0 aliphatic heterocycles. The monoisotopic (exact) mass is 241 g/mol. The van der Waals surface area contributed by atoms with Crippen molar-refractivity contribution in [2.45, 2.75) is 25.9 Å². The number of aliphatic carboxylic acids is 1. The molecule has 0 bridgehead atoms. The highest BCUT2D eigenvalue weighted by Crippen LogP contribution is 2.08. The van der Waals surface area contributed by atoms with Gasteiger partial charge >= 0.3 is 5.97 Å². The fraction of sp³-hybridized carbons (Fsp3) is 0.455. The molecule has 1 aromatic rings. The molecule has 0 spiro atoms. The Morgan fingerprint density at radius 1 is 1.47 bits per heavy atom. The largest absolute Gasteiger partial charge is 0.479 e. The van der Waals surface area contributed by atoms with Crippen LogP contribution in [0.3, 0.4) is 0 Å². The lowest BCUT2D eigenvalue weighted by molar-refractivity contribution is -0.146. The van der Waals surface area contributed by atoms with Crippen molar-refractivity contribution < 1.29 is 24.2 Å². The van der Waals surface area contributed by atoms with E-state index < -0.39 is 18.0 Å². The molecule has 0 saturated heterocycles. The molecule has 1 aromatic heterocycles. The molecule has 94 valence electrons. The van der Waals surface area contributed by atoms with E-state index in [2.05, 4.69) is 5.32 Å². The number of rotatable bonds is 6. The summed E-state index contributed by atoms with van der Waals surface area (Å²) < 4.78 is 5.21. The molecule has 0 aliphatic carbocycles. The number of furan rings is 1. The van der Waals surface area contributed by atoms with Crippen LogP contribution in [0.4, 0.5) is 0 Å². The maximum atomic E-state index is 11.5. The molecule has 0 saturated carbocycles. The van der Waals surface area contributed by atoms with Crippen LogP contribution in [0, 0.1) is 0 Å². The van der Waals surface area contributed by atoms with E-state index >= 15 is 0 Å². The number of aliphatic hydroxyl groups is 1. The van der Waals surface area contributed by atoms with Gasteiger partial charge in [-0.2, -0.15) is 0 Å². The normalized spacial score (nSPS) is 12.1. The highest BCUT2D eigenvalue weighted by molar-refractivity contribution is 5.91. The topological polar surface area (TPSA) is 99.8 Å². The summed E-state index contributed by atoms with van der Waals surface area (Å²) in [5.41, 5.74) is 0. The quantitative estimate of drug-likeness (QED) is 0.669. The van der Waals surface area contributed by atoms with E-state index in [1.165, 1.54) is 0 Å². The standard InChI is InChI=1S/C11H15NO5/c1-2-7-3-4-9(17-7)10(14)12-6-5-8(13)11(15)16/h3-4,8,13H,2,5-6H2,1H3,(H,12,14)(H,15,16). The second-order valence-electron chi connectivity index (χ2n) is 3.52. The second kappa shape index (κ2) is 6.05. The highest BCUT2D eigenvalue weighted by Gasteiger charge is 2.14. The van der Waals surface area contributed by atoms with Gasteiger partial charge in [0, 0.05) is 19.4 Å². The number of carboxylic acid groups (broad SMARTS) is 1. The van der Waals surface area contributed by atoms with Crippen LogP contribution in [0.1, 0.15) is 29.7 Å². The van der Waals surface area contributed by atoms with Gasteiger partial charge < -0.3 is 19.9 Å². The van der Waals surface area contributed by atoms with E-state index in [1.54, 1.807) is 12.1 Å². The van der Waals surface area contributed by atoms with Crippen LogP contribution in [0.15, 0.2) is 16.5 Å². The summed E-state index contributed by atoms with van der Waals surface area (Å²) in [4.78, 5) is 21.8. The fourth-order valence-corrected chi connectivity index (χ4v) is 1.22. The van der Waals surface area contributed by atoms with Gasteiger partial charge in [0.1, 0.15) is 5.76 Å². The van der Waals surface area contributed by atoms with Crippen LogP contribution in [-0.2, 0) is 11.2 Å². The summed E-state index contributed by atoms with van der Waals surface area (Å²) in [5, 5.41) is 19.9. The maximum absolute atomic E-state index is 11.5. The van der Waals surface area contributed by atoms with E-state index in [9.17, 15) is 9.59 Å². The molecule has 1 rings (SSSR count). The van der Waals surface area contributed by atoms with Crippen LogP contribution in [-0.4, -0.2) is 34.7 Å². The van der Waals surface area contributed by atoms with Crippen LogP contribution in [0.25, 0.3) is 0 Å². The number of amides is 1. The molecule has 0 aromatic carbocycles. The lowest BCUT2D eigenvalue weighted by Gasteiger charge is -2.05. The van der Waals surface area contributed by atoms with Gasteiger partial charge in [0.2, 0.25) is 0 Å². The number of carboxylic acids is 1. The van der Waals surface area contributed by atoms with Gasteiger partial charge in [0.05, 0.1) is 0 Å². The van der Waals surface area contributed by atoms with Crippen molar-refractivity contribution in [3.63, 3.8) is 0 Å². The van der Waals surface area contributed by atoms with Crippen LogP contribution < -0.4 is 5.32 Å². The summed E-state index contributed by atoms with van der Waals surface area (Å²) in [6.45, 7) is 1.98. The van der Waals surface area contributed by atoms with Crippen molar-refractivity contribution in [1.29, 1.82) is 0 Å². The molecular weight excluding hydrogens is 226 g/mol. The lowest BCUT2D eigenvalue weighted by Crippen LogP contribution is -2.29. The van der Waals surface area contributed by atoms with Gasteiger partial charge in [0.15, 0.2) is 11.9 Å². The van der Waals surface area contributed by atoms with Gasteiger partial charge in [-0.15, -0.1) is 0 Å². The SMILES string of the molecule is CCc1ccc(C(=O)NCCC(O)C(=O)O)o1. The smallest absolute Gasteiger partial charge is 0.332 e. The van der Waals surface area contributed by atoms with Gasteiger partial charge in [-0.25, -0.2) is 4.79 Å². The predicted molar refractivity (Wildman–Crippen MR) is 58.7 cm³/mol. The first-order chi connectivity index (χ1) is 8.04. The molecule has 1 unspecified atom stereocenters. The summed E-state index contributed by atoms with van der Waals surface area (Å²) in [7, 11) is 0. The third-order valence-electron chi connectivity index (χ3n) is 2.22. The molecular formula is C11H15NO5. The lowest BCUT2D eigenvalue weighted by atomic mass is 10.2. The Bertz CT molecular complexity index is 398. The summed E-state index contributed by atoms with van der Waals surface area (Å²) in [5.74, 6) is -0.819. The molecule has 1 amide bonds.